The first kappa shape index (κ1) is 13.0. The quantitative estimate of drug-likeness (QED) is 0.785. The first-order valence-electron chi connectivity index (χ1n) is 5.98. The van der Waals surface area contributed by atoms with Crippen molar-refractivity contribution >= 4 is 5.91 Å². The number of β-amino-alcohol motifs (C(OH)–C–C–N with tert-alkyl or cyclic N) is 1. The zero-order chi connectivity index (χ0) is 12.2. The Labute approximate surface area is 96.9 Å². The molecule has 1 heterocycles. The Morgan fingerprint density at radius 2 is 2.19 bits per heavy atom. The smallest absolute Gasteiger partial charge is 0.243 e. The van der Waals surface area contributed by atoms with Crippen molar-refractivity contribution in [2.75, 3.05) is 13.1 Å². The molecule has 1 amide bonds. The largest absolute Gasteiger partial charge is 0.391 e. The summed E-state index contributed by atoms with van der Waals surface area (Å²) in [6.45, 7) is 4.78. The van der Waals surface area contributed by atoms with Gasteiger partial charge in [-0.05, 0) is 25.7 Å². The maximum Gasteiger partial charge on any atom is 0.243 e. The van der Waals surface area contributed by atoms with Crippen LogP contribution in [-0.4, -0.2) is 35.1 Å². The van der Waals surface area contributed by atoms with Crippen molar-refractivity contribution in [2.45, 2.75) is 45.6 Å². The van der Waals surface area contributed by atoms with Crippen LogP contribution in [0.1, 0.15) is 39.5 Å². The lowest BCUT2D eigenvalue weighted by atomic mass is 9.82. The lowest BCUT2D eigenvalue weighted by Gasteiger charge is -2.35. The lowest BCUT2D eigenvalue weighted by molar-refractivity contribution is -0.142. The second-order valence-electron chi connectivity index (χ2n) is 4.45. The lowest BCUT2D eigenvalue weighted by Crippen LogP contribution is -2.48. The average molecular weight is 224 g/mol. The molecule has 1 aliphatic heterocycles. The third-order valence-electron chi connectivity index (χ3n) is 3.51. The van der Waals surface area contributed by atoms with E-state index in [1.165, 1.54) is 0 Å². The van der Waals surface area contributed by atoms with E-state index in [2.05, 4.69) is 6.07 Å². The normalized spacial score (nSPS) is 21.6. The van der Waals surface area contributed by atoms with Gasteiger partial charge in [-0.25, -0.2) is 0 Å². The van der Waals surface area contributed by atoms with Crippen LogP contribution in [0, 0.1) is 16.7 Å². The number of likely N-dealkylation sites (tertiary alicyclic amines) is 1. The first-order valence-corrected chi connectivity index (χ1v) is 5.98. The number of piperidine rings is 1. The standard InChI is InChI=1S/C12H20N2O2/c1-3-12(4-2,9-13)11(16)14-7-5-6-10(15)8-14/h10,15H,3-8H2,1-2H3. The molecular formula is C12H20N2O2. The van der Waals surface area contributed by atoms with Crippen LogP contribution in [0.25, 0.3) is 0 Å². The molecule has 0 aromatic heterocycles. The van der Waals surface area contributed by atoms with Gasteiger partial charge in [-0.15, -0.1) is 0 Å². The predicted molar refractivity (Wildman–Crippen MR) is 60.4 cm³/mol. The van der Waals surface area contributed by atoms with E-state index < -0.39 is 11.5 Å². The van der Waals surface area contributed by atoms with Gasteiger partial charge in [0.15, 0.2) is 0 Å². The number of nitrogens with zero attached hydrogens (tertiary/aromatic N) is 2. The molecule has 4 heteroatoms. The van der Waals surface area contributed by atoms with E-state index in [0.717, 1.165) is 12.8 Å². The molecule has 4 nitrogen and oxygen atoms in total. The van der Waals surface area contributed by atoms with Gasteiger partial charge in [0.25, 0.3) is 0 Å². The van der Waals surface area contributed by atoms with Gasteiger partial charge in [0.2, 0.25) is 5.91 Å². The highest BCUT2D eigenvalue weighted by Crippen LogP contribution is 2.29. The molecule has 1 saturated heterocycles. The van der Waals surface area contributed by atoms with Gasteiger partial charge in [0, 0.05) is 13.1 Å². The van der Waals surface area contributed by atoms with Gasteiger partial charge in [-0.3, -0.25) is 4.79 Å². The summed E-state index contributed by atoms with van der Waals surface area (Å²) in [5.41, 5.74) is -0.892. The van der Waals surface area contributed by atoms with Gasteiger partial charge in [-0.2, -0.15) is 5.26 Å². The molecule has 0 aromatic rings. The molecule has 0 saturated carbocycles. The Balaban J connectivity index is 2.79. The fourth-order valence-corrected chi connectivity index (χ4v) is 2.20. The summed E-state index contributed by atoms with van der Waals surface area (Å²) in [7, 11) is 0. The van der Waals surface area contributed by atoms with Gasteiger partial charge >= 0.3 is 0 Å². The fraction of sp³-hybridized carbons (Fsp3) is 0.833. The molecule has 0 radical (unpaired) electrons. The van der Waals surface area contributed by atoms with Gasteiger partial charge in [0.05, 0.1) is 12.2 Å². The van der Waals surface area contributed by atoms with Crippen molar-refractivity contribution in [2.24, 2.45) is 5.41 Å². The minimum absolute atomic E-state index is 0.112. The summed E-state index contributed by atoms with van der Waals surface area (Å²) in [5.74, 6) is -0.112. The van der Waals surface area contributed by atoms with Crippen molar-refractivity contribution in [3.63, 3.8) is 0 Å². The molecule has 1 aliphatic rings. The molecule has 1 N–H and O–H groups in total. The van der Waals surface area contributed by atoms with Crippen LogP contribution in [0.3, 0.4) is 0 Å². The van der Waals surface area contributed by atoms with Crippen molar-refractivity contribution in [3.05, 3.63) is 0 Å². The number of rotatable bonds is 3. The Morgan fingerprint density at radius 3 is 2.62 bits per heavy atom. The van der Waals surface area contributed by atoms with Gasteiger partial charge in [-0.1, -0.05) is 13.8 Å². The second kappa shape index (κ2) is 5.31. The maximum atomic E-state index is 12.3. The first-order chi connectivity index (χ1) is 7.59. The molecule has 16 heavy (non-hydrogen) atoms. The zero-order valence-electron chi connectivity index (χ0n) is 10.1. The highest BCUT2D eigenvalue weighted by atomic mass is 16.3. The SMILES string of the molecule is CCC(C#N)(CC)C(=O)N1CCCC(O)C1. The van der Waals surface area contributed by atoms with Crippen LogP contribution in [0.15, 0.2) is 0 Å². The molecule has 1 fully saturated rings. The number of carbonyl (C=O) groups is 1. The predicted octanol–water partition coefficient (Wildman–Crippen LogP) is 1.30. The molecule has 0 aromatic carbocycles. The summed E-state index contributed by atoms with van der Waals surface area (Å²) >= 11 is 0. The summed E-state index contributed by atoms with van der Waals surface area (Å²) in [6, 6.07) is 2.15. The summed E-state index contributed by atoms with van der Waals surface area (Å²) in [5, 5.41) is 18.7. The van der Waals surface area contributed by atoms with E-state index in [-0.39, 0.29) is 5.91 Å². The molecule has 90 valence electrons. The van der Waals surface area contributed by atoms with E-state index in [4.69, 9.17) is 0 Å². The molecule has 1 unspecified atom stereocenters. The number of aliphatic hydroxyl groups excluding tert-OH is 1. The number of carbonyl (C=O) groups excluding carboxylic acids is 1. The number of aliphatic hydroxyl groups is 1. The van der Waals surface area contributed by atoms with Crippen LogP contribution in [0.2, 0.25) is 0 Å². The third-order valence-corrected chi connectivity index (χ3v) is 3.51. The Kier molecular flexibility index (Phi) is 4.31. The van der Waals surface area contributed by atoms with E-state index in [1.54, 1.807) is 4.90 Å². The number of hydrogen-bond donors (Lipinski definition) is 1. The van der Waals surface area contributed by atoms with Crippen molar-refractivity contribution in [1.29, 1.82) is 5.26 Å². The summed E-state index contributed by atoms with van der Waals surface area (Å²) in [4.78, 5) is 13.9. The summed E-state index contributed by atoms with van der Waals surface area (Å²) < 4.78 is 0. The van der Waals surface area contributed by atoms with E-state index in [0.29, 0.717) is 25.9 Å². The van der Waals surface area contributed by atoms with Crippen LogP contribution in [-0.2, 0) is 4.79 Å². The van der Waals surface area contributed by atoms with E-state index >= 15 is 0 Å². The van der Waals surface area contributed by atoms with E-state index in [9.17, 15) is 15.2 Å². The molecular weight excluding hydrogens is 204 g/mol. The third kappa shape index (κ3) is 2.35. The topological polar surface area (TPSA) is 64.3 Å². The summed E-state index contributed by atoms with van der Waals surface area (Å²) in [6.07, 6.45) is 2.21. The van der Waals surface area contributed by atoms with Gasteiger partial charge < -0.3 is 10.0 Å². The number of amides is 1. The average Bonchev–Trinajstić information content (AvgIpc) is 2.32. The molecule has 1 rings (SSSR count). The number of hydrogen-bond acceptors (Lipinski definition) is 3. The number of nitriles is 1. The Hall–Kier alpha value is -1.08. The van der Waals surface area contributed by atoms with Crippen LogP contribution in [0.4, 0.5) is 0 Å². The van der Waals surface area contributed by atoms with Crippen LogP contribution < -0.4 is 0 Å². The minimum atomic E-state index is -0.892. The minimum Gasteiger partial charge on any atom is -0.391 e. The molecule has 0 aliphatic carbocycles. The van der Waals surface area contributed by atoms with Gasteiger partial charge in [0.1, 0.15) is 5.41 Å². The van der Waals surface area contributed by atoms with Crippen molar-refractivity contribution in [1.82, 2.24) is 4.90 Å². The zero-order valence-corrected chi connectivity index (χ0v) is 10.1. The molecule has 1 atom stereocenters. The molecule has 0 bridgehead atoms. The highest BCUT2D eigenvalue weighted by molar-refractivity contribution is 5.85. The van der Waals surface area contributed by atoms with Crippen molar-refractivity contribution < 1.29 is 9.90 Å². The molecule has 0 spiro atoms. The fourth-order valence-electron chi connectivity index (χ4n) is 2.20. The maximum absolute atomic E-state index is 12.3. The Bertz CT molecular complexity index is 292. The van der Waals surface area contributed by atoms with E-state index in [1.807, 2.05) is 13.8 Å². The van der Waals surface area contributed by atoms with Crippen molar-refractivity contribution in [3.8, 4) is 6.07 Å². The second-order valence-corrected chi connectivity index (χ2v) is 4.45. The highest BCUT2D eigenvalue weighted by Gasteiger charge is 2.39. The van der Waals surface area contributed by atoms with Crippen LogP contribution >= 0.6 is 0 Å². The monoisotopic (exact) mass is 224 g/mol. The van der Waals surface area contributed by atoms with Crippen LogP contribution in [0.5, 0.6) is 0 Å². The Morgan fingerprint density at radius 1 is 1.56 bits per heavy atom.